The quantitative estimate of drug-likeness (QED) is 0.747. The second kappa shape index (κ2) is 9.98. The van der Waals surface area contributed by atoms with Gasteiger partial charge in [0.1, 0.15) is 5.82 Å². The second-order valence-electron chi connectivity index (χ2n) is 8.23. The molecule has 0 spiro atoms. The fourth-order valence-electron chi connectivity index (χ4n) is 4.09. The van der Waals surface area contributed by atoms with Crippen molar-refractivity contribution in [1.29, 1.82) is 0 Å². The fourth-order valence-corrected chi connectivity index (χ4v) is 4.09. The average molecular weight is 396 g/mol. The lowest BCUT2D eigenvalue weighted by atomic mass is 9.96. The number of hydrogen-bond donors (Lipinski definition) is 2. The van der Waals surface area contributed by atoms with Crippen LogP contribution in [0.3, 0.4) is 0 Å². The first-order valence-electron chi connectivity index (χ1n) is 11.0. The molecule has 2 aliphatic rings. The van der Waals surface area contributed by atoms with Crippen LogP contribution in [-0.4, -0.2) is 77.1 Å². The molecule has 4 rings (SSSR count). The predicted molar refractivity (Wildman–Crippen MR) is 118 cm³/mol. The summed E-state index contributed by atoms with van der Waals surface area (Å²) in [7, 11) is 2.19. The Kier molecular flexibility index (Phi) is 6.90. The Morgan fingerprint density at radius 1 is 1.00 bits per heavy atom. The van der Waals surface area contributed by atoms with Gasteiger partial charge in [0.05, 0.1) is 11.4 Å². The first kappa shape index (κ1) is 20.0. The third-order valence-corrected chi connectivity index (χ3v) is 5.92. The molecule has 2 N–H and O–H groups in total. The van der Waals surface area contributed by atoms with Crippen LogP contribution in [-0.2, 0) is 0 Å². The highest BCUT2D eigenvalue weighted by atomic mass is 15.3. The van der Waals surface area contributed by atoms with E-state index in [-0.39, 0.29) is 0 Å². The van der Waals surface area contributed by atoms with E-state index in [2.05, 4.69) is 32.5 Å². The number of nitrogens with one attached hydrogen (secondary N) is 2. The number of likely N-dealkylation sites (N-methyl/N-ethyl adjacent to an activating group) is 1. The van der Waals surface area contributed by atoms with Crippen LogP contribution in [0, 0.1) is 0 Å². The van der Waals surface area contributed by atoms with E-state index in [4.69, 9.17) is 9.97 Å². The van der Waals surface area contributed by atoms with E-state index in [1.807, 2.05) is 30.5 Å². The fraction of sp³-hybridized carbons (Fsp3) is 0.591. The summed E-state index contributed by atoms with van der Waals surface area (Å²) >= 11 is 0. The van der Waals surface area contributed by atoms with Crippen LogP contribution in [0.4, 0.5) is 11.8 Å². The molecule has 7 nitrogen and oxygen atoms in total. The maximum atomic E-state index is 4.76. The van der Waals surface area contributed by atoms with Crippen molar-refractivity contribution in [3.8, 4) is 11.4 Å². The van der Waals surface area contributed by atoms with Crippen molar-refractivity contribution in [3.05, 3.63) is 30.5 Å². The third kappa shape index (κ3) is 5.87. The number of rotatable bonds is 7. The Morgan fingerprint density at radius 2 is 1.83 bits per heavy atom. The summed E-state index contributed by atoms with van der Waals surface area (Å²) in [5, 5.41) is 7.09. The molecule has 156 valence electrons. The zero-order valence-corrected chi connectivity index (χ0v) is 17.5. The first-order valence-corrected chi connectivity index (χ1v) is 11.0. The standard InChI is InChI=1S/C22H33N7/c1-28-13-15-29(16-14-28)12-11-24-21-17-20(19-9-5-6-10-23-19)26-22(27-21)25-18-7-3-2-4-8-18/h5-6,9-10,17-18H,2-4,7-8,11-16H2,1H3,(H2,24,25,26,27). The van der Waals surface area contributed by atoms with Gasteiger partial charge in [0.2, 0.25) is 5.95 Å². The number of aromatic nitrogens is 3. The Bertz CT molecular complexity index is 753. The summed E-state index contributed by atoms with van der Waals surface area (Å²) in [6.07, 6.45) is 8.12. The van der Waals surface area contributed by atoms with Gasteiger partial charge >= 0.3 is 0 Å². The van der Waals surface area contributed by atoms with Crippen LogP contribution in [0.25, 0.3) is 11.4 Å². The van der Waals surface area contributed by atoms with E-state index in [9.17, 15) is 0 Å². The minimum atomic E-state index is 0.473. The highest BCUT2D eigenvalue weighted by Gasteiger charge is 2.16. The molecule has 0 amide bonds. The largest absolute Gasteiger partial charge is 0.369 e. The van der Waals surface area contributed by atoms with Crippen molar-refractivity contribution in [1.82, 2.24) is 24.8 Å². The SMILES string of the molecule is CN1CCN(CCNc2cc(-c3ccccn3)nc(NC3CCCCC3)n2)CC1. The molecule has 0 atom stereocenters. The van der Waals surface area contributed by atoms with Gasteiger partial charge < -0.3 is 15.5 Å². The molecular formula is C22H33N7. The Hall–Kier alpha value is -2.25. The summed E-state index contributed by atoms with van der Waals surface area (Å²) in [5.74, 6) is 1.58. The molecule has 2 fully saturated rings. The van der Waals surface area contributed by atoms with Crippen LogP contribution in [0.1, 0.15) is 32.1 Å². The molecule has 1 saturated carbocycles. The van der Waals surface area contributed by atoms with E-state index in [1.54, 1.807) is 0 Å². The van der Waals surface area contributed by atoms with Gasteiger partial charge in [-0.25, -0.2) is 4.98 Å². The zero-order valence-electron chi connectivity index (χ0n) is 17.5. The summed E-state index contributed by atoms with van der Waals surface area (Å²) in [6, 6.07) is 8.42. The van der Waals surface area contributed by atoms with E-state index in [1.165, 1.54) is 32.1 Å². The van der Waals surface area contributed by atoms with E-state index in [0.29, 0.717) is 12.0 Å². The maximum absolute atomic E-state index is 4.76. The van der Waals surface area contributed by atoms with Crippen molar-refractivity contribution >= 4 is 11.8 Å². The van der Waals surface area contributed by atoms with Gasteiger partial charge in [0, 0.05) is 57.6 Å². The summed E-state index contributed by atoms with van der Waals surface area (Å²) in [5.41, 5.74) is 1.74. The van der Waals surface area contributed by atoms with Gasteiger partial charge in [-0.15, -0.1) is 0 Å². The lowest BCUT2D eigenvalue weighted by Gasteiger charge is -2.32. The summed E-state index contributed by atoms with van der Waals surface area (Å²) in [6.45, 7) is 6.47. The van der Waals surface area contributed by atoms with Crippen LogP contribution in [0.2, 0.25) is 0 Å². The van der Waals surface area contributed by atoms with E-state index < -0.39 is 0 Å². The van der Waals surface area contributed by atoms with Crippen LogP contribution in [0.15, 0.2) is 30.5 Å². The van der Waals surface area contributed by atoms with Gasteiger partial charge in [-0.3, -0.25) is 9.88 Å². The molecule has 0 unspecified atom stereocenters. The molecule has 29 heavy (non-hydrogen) atoms. The highest BCUT2D eigenvalue weighted by molar-refractivity contribution is 5.61. The van der Waals surface area contributed by atoms with Crippen LogP contribution in [0.5, 0.6) is 0 Å². The van der Waals surface area contributed by atoms with Crippen LogP contribution >= 0.6 is 0 Å². The van der Waals surface area contributed by atoms with Crippen molar-refractivity contribution in [2.75, 3.05) is 56.9 Å². The van der Waals surface area contributed by atoms with E-state index in [0.717, 1.165) is 56.5 Å². The number of anilines is 2. The summed E-state index contributed by atoms with van der Waals surface area (Å²) in [4.78, 5) is 18.9. The molecule has 2 aromatic heterocycles. The minimum absolute atomic E-state index is 0.473. The molecule has 2 aromatic rings. The molecule has 3 heterocycles. The normalized spacial score (nSPS) is 19.2. The molecule has 0 aromatic carbocycles. The topological polar surface area (TPSA) is 69.2 Å². The van der Waals surface area contributed by atoms with Crippen molar-refractivity contribution < 1.29 is 0 Å². The number of nitrogens with zero attached hydrogens (tertiary/aromatic N) is 5. The summed E-state index contributed by atoms with van der Waals surface area (Å²) < 4.78 is 0. The van der Waals surface area contributed by atoms with Crippen LogP contribution < -0.4 is 10.6 Å². The zero-order chi connectivity index (χ0) is 19.9. The third-order valence-electron chi connectivity index (χ3n) is 5.92. The molecule has 1 saturated heterocycles. The van der Waals surface area contributed by atoms with Gasteiger partial charge in [0.15, 0.2) is 0 Å². The lowest BCUT2D eigenvalue weighted by molar-refractivity contribution is 0.158. The monoisotopic (exact) mass is 395 g/mol. The first-order chi connectivity index (χ1) is 14.3. The molecule has 0 bridgehead atoms. The maximum Gasteiger partial charge on any atom is 0.225 e. The van der Waals surface area contributed by atoms with Gasteiger partial charge in [-0.2, -0.15) is 4.98 Å². The lowest BCUT2D eigenvalue weighted by Crippen LogP contribution is -2.45. The number of piperazine rings is 1. The highest BCUT2D eigenvalue weighted by Crippen LogP contribution is 2.23. The van der Waals surface area contributed by atoms with Gasteiger partial charge in [-0.05, 0) is 32.0 Å². The molecule has 0 radical (unpaired) electrons. The average Bonchev–Trinajstić information content (AvgIpc) is 2.76. The van der Waals surface area contributed by atoms with E-state index >= 15 is 0 Å². The second-order valence-corrected chi connectivity index (χ2v) is 8.23. The van der Waals surface area contributed by atoms with Crippen molar-refractivity contribution in [2.24, 2.45) is 0 Å². The van der Waals surface area contributed by atoms with Crippen molar-refractivity contribution in [3.63, 3.8) is 0 Å². The molecule has 1 aliphatic carbocycles. The molecule has 1 aliphatic heterocycles. The molecular weight excluding hydrogens is 362 g/mol. The Morgan fingerprint density at radius 3 is 2.59 bits per heavy atom. The minimum Gasteiger partial charge on any atom is -0.369 e. The molecule has 7 heteroatoms. The van der Waals surface area contributed by atoms with Gasteiger partial charge in [-0.1, -0.05) is 25.3 Å². The van der Waals surface area contributed by atoms with Gasteiger partial charge in [0.25, 0.3) is 0 Å². The van der Waals surface area contributed by atoms with Crippen molar-refractivity contribution in [2.45, 2.75) is 38.1 Å². The Labute approximate surface area is 173 Å². The smallest absolute Gasteiger partial charge is 0.225 e. The predicted octanol–water partition coefficient (Wildman–Crippen LogP) is 2.94. The number of hydrogen-bond acceptors (Lipinski definition) is 7. The Balaban J connectivity index is 1.43. The number of pyridine rings is 1.